The van der Waals surface area contributed by atoms with E-state index in [1.165, 1.54) is 18.4 Å². The molecule has 1 aromatic carbocycles. The second-order valence-electron chi connectivity index (χ2n) is 6.52. The Bertz CT molecular complexity index is 1170. The van der Waals surface area contributed by atoms with E-state index in [1.54, 1.807) is 36.8 Å². The Balaban J connectivity index is 1.40. The van der Waals surface area contributed by atoms with Gasteiger partial charge in [-0.2, -0.15) is 0 Å². The van der Waals surface area contributed by atoms with Crippen molar-refractivity contribution in [1.82, 2.24) is 24.7 Å². The molecule has 0 aliphatic heterocycles. The fraction of sp³-hybridized carbons (Fsp3) is 0.190. The first-order valence-electron chi connectivity index (χ1n) is 9.46. The lowest BCUT2D eigenvalue weighted by molar-refractivity contribution is 0.102. The van der Waals surface area contributed by atoms with Gasteiger partial charge in [-0.1, -0.05) is 11.3 Å². The molecule has 3 heterocycles. The Morgan fingerprint density at radius 1 is 1.13 bits per heavy atom. The van der Waals surface area contributed by atoms with Crippen LogP contribution in [0.2, 0.25) is 0 Å². The Morgan fingerprint density at radius 3 is 2.71 bits per heavy atom. The fourth-order valence-corrected chi connectivity index (χ4v) is 3.62. The molecule has 158 valence electrons. The zero-order valence-corrected chi connectivity index (χ0v) is 17.8. The fourth-order valence-electron chi connectivity index (χ4n) is 2.87. The van der Waals surface area contributed by atoms with Gasteiger partial charge in [-0.15, -0.1) is 10.2 Å². The monoisotopic (exact) mass is 436 g/mol. The van der Waals surface area contributed by atoms with Crippen molar-refractivity contribution in [3.05, 3.63) is 66.5 Å². The van der Waals surface area contributed by atoms with Crippen molar-refractivity contribution in [2.24, 2.45) is 7.05 Å². The largest absolute Gasteiger partial charge is 0.493 e. The standard InChI is InChI=1S/C21H20N6O3S/c1-27-11-10-23-18(27)7-12-30-16-4-3-15(13-17(16)29-2)19(28)24-21-26-25-20(31-21)14-5-8-22-9-6-14/h3-6,8-11,13H,7,12H2,1-2H3,(H,24,26,28). The van der Waals surface area contributed by atoms with E-state index in [0.29, 0.717) is 40.2 Å². The van der Waals surface area contributed by atoms with Crippen molar-refractivity contribution in [1.29, 1.82) is 0 Å². The summed E-state index contributed by atoms with van der Waals surface area (Å²) in [5, 5.41) is 12.0. The van der Waals surface area contributed by atoms with Gasteiger partial charge in [0, 0.05) is 49.4 Å². The van der Waals surface area contributed by atoms with E-state index in [-0.39, 0.29) is 5.91 Å². The first-order valence-corrected chi connectivity index (χ1v) is 10.3. The Labute approximate surface area is 182 Å². The van der Waals surface area contributed by atoms with Gasteiger partial charge in [0.15, 0.2) is 11.5 Å². The molecule has 10 heteroatoms. The molecule has 0 saturated carbocycles. The van der Waals surface area contributed by atoms with E-state index in [2.05, 4.69) is 25.5 Å². The highest BCUT2D eigenvalue weighted by Crippen LogP contribution is 2.29. The number of anilines is 1. The number of aromatic nitrogens is 5. The van der Waals surface area contributed by atoms with Gasteiger partial charge in [-0.05, 0) is 30.3 Å². The lowest BCUT2D eigenvalue weighted by Crippen LogP contribution is -2.12. The minimum atomic E-state index is -0.310. The average Bonchev–Trinajstić information content (AvgIpc) is 3.43. The Kier molecular flexibility index (Phi) is 6.18. The predicted molar refractivity (Wildman–Crippen MR) is 116 cm³/mol. The first-order chi connectivity index (χ1) is 15.1. The number of amides is 1. The second-order valence-corrected chi connectivity index (χ2v) is 7.50. The second kappa shape index (κ2) is 9.35. The molecule has 0 unspecified atom stereocenters. The molecular formula is C21H20N6O3S. The number of nitrogens with one attached hydrogen (secondary N) is 1. The summed E-state index contributed by atoms with van der Waals surface area (Å²) >= 11 is 1.29. The van der Waals surface area contributed by atoms with E-state index in [0.717, 1.165) is 11.4 Å². The van der Waals surface area contributed by atoms with Crippen LogP contribution in [0.3, 0.4) is 0 Å². The van der Waals surface area contributed by atoms with Crippen molar-refractivity contribution >= 4 is 22.4 Å². The Morgan fingerprint density at radius 2 is 1.97 bits per heavy atom. The summed E-state index contributed by atoms with van der Waals surface area (Å²) in [5.41, 5.74) is 1.32. The van der Waals surface area contributed by atoms with Crippen LogP contribution in [0.15, 0.2) is 55.1 Å². The van der Waals surface area contributed by atoms with Gasteiger partial charge in [-0.3, -0.25) is 15.1 Å². The molecule has 3 aromatic heterocycles. The maximum Gasteiger partial charge on any atom is 0.257 e. The molecule has 0 bridgehead atoms. The third-order valence-electron chi connectivity index (χ3n) is 4.50. The first kappa shape index (κ1) is 20.5. The maximum absolute atomic E-state index is 12.7. The number of pyridine rings is 1. The zero-order valence-electron chi connectivity index (χ0n) is 17.0. The van der Waals surface area contributed by atoms with E-state index in [9.17, 15) is 4.79 Å². The third-order valence-corrected chi connectivity index (χ3v) is 5.39. The number of methoxy groups -OCH3 is 1. The van der Waals surface area contributed by atoms with Crippen molar-refractivity contribution in [2.45, 2.75) is 6.42 Å². The summed E-state index contributed by atoms with van der Waals surface area (Å²) in [6.45, 7) is 0.440. The van der Waals surface area contributed by atoms with Gasteiger partial charge in [0.25, 0.3) is 5.91 Å². The van der Waals surface area contributed by atoms with E-state index >= 15 is 0 Å². The van der Waals surface area contributed by atoms with E-state index in [1.807, 2.05) is 29.9 Å². The van der Waals surface area contributed by atoms with Gasteiger partial charge < -0.3 is 14.0 Å². The summed E-state index contributed by atoms with van der Waals surface area (Å²) in [4.78, 5) is 20.9. The normalized spacial score (nSPS) is 10.6. The van der Waals surface area contributed by atoms with Gasteiger partial charge in [0.05, 0.1) is 13.7 Å². The SMILES string of the molecule is COc1cc(C(=O)Nc2nnc(-c3ccncc3)s2)ccc1OCCc1nccn1C. The van der Waals surface area contributed by atoms with Crippen LogP contribution in [0.5, 0.6) is 11.5 Å². The molecule has 1 N–H and O–H groups in total. The topological polar surface area (TPSA) is 104 Å². The summed E-state index contributed by atoms with van der Waals surface area (Å²) < 4.78 is 13.2. The highest BCUT2D eigenvalue weighted by Gasteiger charge is 2.14. The number of imidazole rings is 1. The number of benzene rings is 1. The number of hydrogen-bond donors (Lipinski definition) is 1. The smallest absolute Gasteiger partial charge is 0.257 e. The highest BCUT2D eigenvalue weighted by molar-refractivity contribution is 7.18. The zero-order chi connectivity index (χ0) is 21.6. The number of hydrogen-bond acceptors (Lipinski definition) is 8. The Hall–Kier alpha value is -3.79. The minimum Gasteiger partial charge on any atom is -0.493 e. The third kappa shape index (κ3) is 4.86. The molecule has 0 fully saturated rings. The van der Waals surface area contributed by atoms with Crippen LogP contribution in [0, 0.1) is 0 Å². The number of carbonyl (C=O) groups is 1. The summed E-state index contributed by atoms with van der Waals surface area (Å²) in [7, 11) is 3.47. The van der Waals surface area contributed by atoms with Gasteiger partial charge in [0.1, 0.15) is 10.8 Å². The highest BCUT2D eigenvalue weighted by atomic mass is 32.1. The van der Waals surface area contributed by atoms with Crippen LogP contribution in [0.1, 0.15) is 16.2 Å². The van der Waals surface area contributed by atoms with Crippen LogP contribution >= 0.6 is 11.3 Å². The number of aryl methyl sites for hydroxylation is 1. The van der Waals surface area contributed by atoms with Crippen LogP contribution in [-0.2, 0) is 13.5 Å². The predicted octanol–water partition coefficient (Wildman–Crippen LogP) is 3.22. The van der Waals surface area contributed by atoms with Crippen LogP contribution in [0.4, 0.5) is 5.13 Å². The average molecular weight is 436 g/mol. The lowest BCUT2D eigenvalue weighted by atomic mass is 10.2. The summed E-state index contributed by atoms with van der Waals surface area (Å²) in [6, 6.07) is 8.71. The molecule has 4 rings (SSSR count). The number of rotatable bonds is 8. The van der Waals surface area contributed by atoms with Crippen molar-refractivity contribution < 1.29 is 14.3 Å². The molecule has 0 radical (unpaired) electrons. The molecule has 0 aliphatic rings. The quantitative estimate of drug-likeness (QED) is 0.452. The van der Waals surface area contributed by atoms with Crippen molar-refractivity contribution in [3.8, 4) is 22.1 Å². The molecule has 4 aromatic rings. The molecule has 0 spiro atoms. The number of ether oxygens (including phenoxy) is 2. The van der Waals surface area contributed by atoms with Gasteiger partial charge >= 0.3 is 0 Å². The summed E-state index contributed by atoms with van der Waals surface area (Å²) in [6.07, 6.45) is 7.66. The maximum atomic E-state index is 12.7. The molecule has 0 aliphatic carbocycles. The molecule has 31 heavy (non-hydrogen) atoms. The van der Waals surface area contributed by atoms with Crippen LogP contribution < -0.4 is 14.8 Å². The molecule has 9 nitrogen and oxygen atoms in total. The molecule has 0 saturated heterocycles. The van der Waals surface area contributed by atoms with Crippen molar-refractivity contribution in [2.75, 3.05) is 19.0 Å². The molecular weight excluding hydrogens is 416 g/mol. The van der Waals surface area contributed by atoms with E-state index in [4.69, 9.17) is 9.47 Å². The lowest BCUT2D eigenvalue weighted by Gasteiger charge is -2.12. The van der Waals surface area contributed by atoms with Gasteiger partial charge in [-0.25, -0.2) is 4.98 Å². The van der Waals surface area contributed by atoms with Gasteiger partial charge in [0.2, 0.25) is 5.13 Å². The van der Waals surface area contributed by atoms with Crippen LogP contribution in [0.25, 0.3) is 10.6 Å². The molecule has 0 atom stereocenters. The molecule has 1 amide bonds. The van der Waals surface area contributed by atoms with E-state index < -0.39 is 0 Å². The number of nitrogens with zero attached hydrogens (tertiary/aromatic N) is 5. The minimum absolute atomic E-state index is 0.310. The summed E-state index contributed by atoms with van der Waals surface area (Å²) in [5.74, 6) is 1.65. The van der Waals surface area contributed by atoms with Crippen LogP contribution in [-0.4, -0.2) is 44.4 Å². The number of carbonyl (C=O) groups excluding carboxylic acids is 1. The van der Waals surface area contributed by atoms with Crippen molar-refractivity contribution in [3.63, 3.8) is 0 Å².